The number of ether oxygens (including phenoxy) is 1. The molecular formula is C18H21NO3. The maximum atomic E-state index is 12.2. The van der Waals surface area contributed by atoms with Gasteiger partial charge in [-0.2, -0.15) is 0 Å². The van der Waals surface area contributed by atoms with Gasteiger partial charge in [-0.3, -0.25) is 9.59 Å². The van der Waals surface area contributed by atoms with Crippen molar-refractivity contribution in [3.63, 3.8) is 0 Å². The number of esters is 1. The number of para-hydroxylation sites is 1. The second-order valence-corrected chi connectivity index (χ2v) is 5.95. The lowest BCUT2D eigenvalue weighted by molar-refractivity contribution is -0.145. The monoisotopic (exact) mass is 299 g/mol. The van der Waals surface area contributed by atoms with E-state index in [9.17, 15) is 9.59 Å². The summed E-state index contributed by atoms with van der Waals surface area (Å²) in [6.07, 6.45) is 3.97. The fourth-order valence-corrected chi connectivity index (χ4v) is 3.13. The van der Waals surface area contributed by atoms with Crippen LogP contribution in [0.2, 0.25) is 0 Å². The predicted molar refractivity (Wildman–Crippen MR) is 84.5 cm³/mol. The van der Waals surface area contributed by atoms with Gasteiger partial charge in [0, 0.05) is 36.5 Å². The first-order valence-corrected chi connectivity index (χ1v) is 7.84. The topological polar surface area (TPSA) is 48.3 Å². The lowest BCUT2D eigenvalue weighted by Crippen LogP contribution is -2.12. The SMILES string of the molecule is CCOC(=O)[C@H]1C[C@@H]1C(=O)CCc1cn(C)c2ccccc12. The number of ketones is 1. The summed E-state index contributed by atoms with van der Waals surface area (Å²) in [4.78, 5) is 23.8. The molecule has 0 unspecified atom stereocenters. The van der Waals surface area contributed by atoms with Gasteiger partial charge in [0.05, 0.1) is 12.5 Å². The Balaban J connectivity index is 1.61. The summed E-state index contributed by atoms with van der Waals surface area (Å²) in [6.45, 7) is 2.17. The number of carbonyl (C=O) groups excluding carboxylic acids is 2. The Kier molecular flexibility index (Phi) is 4.01. The van der Waals surface area contributed by atoms with Crippen LogP contribution in [-0.4, -0.2) is 22.9 Å². The fraction of sp³-hybridized carbons (Fsp3) is 0.444. The molecule has 4 heteroatoms. The smallest absolute Gasteiger partial charge is 0.309 e. The zero-order chi connectivity index (χ0) is 15.7. The van der Waals surface area contributed by atoms with Crippen molar-refractivity contribution in [3.05, 3.63) is 36.0 Å². The van der Waals surface area contributed by atoms with Crippen LogP contribution in [0.5, 0.6) is 0 Å². The van der Waals surface area contributed by atoms with Crippen LogP contribution in [0.4, 0.5) is 0 Å². The van der Waals surface area contributed by atoms with Crippen molar-refractivity contribution >= 4 is 22.7 Å². The van der Waals surface area contributed by atoms with Crippen LogP contribution >= 0.6 is 0 Å². The molecule has 0 N–H and O–H groups in total. The molecule has 1 aromatic heterocycles. The van der Waals surface area contributed by atoms with Gasteiger partial charge < -0.3 is 9.30 Å². The van der Waals surface area contributed by atoms with Gasteiger partial charge in [-0.05, 0) is 31.4 Å². The Morgan fingerprint density at radius 3 is 2.82 bits per heavy atom. The van der Waals surface area contributed by atoms with E-state index in [4.69, 9.17) is 4.74 Å². The van der Waals surface area contributed by atoms with Crippen molar-refractivity contribution < 1.29 is 14.3 Å². The highest BCUT2D eigenvalue weighted by Crippen LogP contribution is 2.41. The first-order valence-electron chi connectivity index (χ1n) is 7.84. The largest absolute Gasteiger partial charge is 0.466 e. The normalized spacial score (nSPS) is 20.1. The molecule has 22 heavy (non-hydrogen) atoms. The van der Waals surface area contributed by atoms with Gasteiger partial charge in [-0.15, -0.1) is 0 Å². The summed E-state index contributed by atoms with van der Waals surface area (Å²) in [5.41, 5.74) is 2.38. The Bertz CT molecular complexity index is 716. The van der Waals surface area contributed by atoms with Crippen LogP contribution in [0.15, 0.2) is 30.5 Å². The summed E-state index contributed by atoms with van der Waals surface area (Å²) in [7, 11) is 2.02. The number of rotatable bonds is 6. The van der Waals surface area contributed by atoms with Gasteiger partial charge in [-0.1, -0.05) is 18.2 Å². The minimum absolute atomic E-state index is 0.117. The molecule has 0 bridgehead atoms. The number of fused-ring (bicyclic) bond motifs is 1. The molecule has 0 saturated heterocycles. The molecule has 0 aliphatic heterocycles. The summed E-state index contributed by atoms with van der Waals surface area (Å²) in [5.74, 6) is -0.342. The van der Waals surface area contributed by atoms with Crippen LogP contribution in [0.1, 0.15) is 25.3 Å². The molecule has 116 valence electrons. The number of benzene rings is 1. The van der Waals surface area contributed by atoms with Crippen molar-refractivity contribution in [1.29, 1.82) is 0 Å². The minimum Gasteiger partial charge on any atom is -0.466 e. The molecule has 4 nitrogen and oxygen atoms in total. The van der Waals surface area contributed by atoms with Crippen molar-refractivity contribution in [2.75, 3.05) is 6.61 Å². The van der Waals surface area contributed by atoms with E-state index in [0.717, 1.165) is 6.42 Å². The van der Waals surface area contributed by atoms with Gasteiger partial charge in [-0.25, -0.2) is 0 Å². The van der Waals surface area contributed by atoms with E-state index >= 15 is 0 Å². The minimum atomic E-state index is -0.217. The molecule has 1 aliphatic rings. The second kappa shape index (κ2) is 5.95. The van der Waals surface area contributed by atoms with E-state index in [2.05, 4.69) is 22.9 Å². The zero-order valence-corrected chi connectivity index (χ0v) is 13.0. The van der Waals surface area contributed by atoms with Crippen molar-refractivity contribution in [3.8, 4) is 0 Å². The maximum absolute atomic E-state index is 12.2. The van der Waals surface area contributed by atoms with Crippen molar-refractivity contribution in [1.82, 2.24) is 4.57 Å². The third-order valence-electron chi connectivity index (χ3n) is 4.41. The van der Waals surface area contributed by atoms with Gasteiger partial charge in [0.1, 0.15) is 5.78 Å². The standard InChI is InChI=1S/C18H21NO3/c1-3-22-18(21)15-10-14(15)17(20)9-8-12-11-19(2)16-7-5-4-6-13(12)16/h4-7,11,14-15H,3,8-10H2,1-2H3/t14-,15-/m0/s1. The Labute approximate surface area is 130 Å². The number of hydrogen-bond donors (Lipinski definition) is 0. The highest BCUT2D eigenvalue weighted by Gasteiger charge is 2.48. The number of aromatic nitrogens is 1. The van der Waals surface area contributed by atoms with Crippen LogP contribution in [-0.2, 0) is 27.8 Å². The Hall–Kier alpha value is -2.10. The third-order valence-corrected chi connectivity index (χ3v) is 4.41. The van der Waals surface area contributed by atoms with Gasteiger partial charge in [0.2, 0.25) is 0 Å². The number of Topliss-reactive ketones (excluding diaryl/α,β-unsaturated/α-hetero) is 1. The van der Waals surface area contributed by atoms with Crippen molar-refractivity contribution in [2.45, 2.75) is 26.2 Å². The average molecular weight is 299 g/mol. The highest BCUT2D eigenvalue weighted by molar-refractivity contribution is 5.92. The van der Waals surface area contributed by atoms with E-state index < -0.39 is 0 Å². The Morgan fingerprint density at radius 1 is 1.27 bits per heavy atom. The molecule has 2 atom stereocenters. The molecule has 0 radical (unpaired) electrons. The molecule has 1 saturated carbocycles. The van der Waals surface area contributed by atoms with E-state index in [1.165, 1.54) is 16.5 Å². The molecule has 0 amide bonds. The summed E-state index contributed by atoms with van der Waals surface area (Å²) < 4.78 is 7.07. The number of nitrogens with zero attached hydrogens (tertiary/aromatic N) is 1. The average Bonchev–Trinajstić information content (AvgIpc) is 3.26. The lowest BCUT2D eigenvalue weighted by Gasteiger charge is -2.01. The molecular weight excluding hydrogens is 278 g/mol. The van der Waals surface area contributed by atoms with Crippen LogP contribution < -0.4 is 0 Å². The summed E-state index contributed by atoms with van der Waals surface area (Å²) >= 11 is 0. The molecule has 1 fully saturated rings. The van der Waals surface area contributed by atoms with Crippen LogP contribution in [0, 0.1) is 11.8 Å². The van der Waals surface area contributed by atoms with E-state index in [0.29, 0.717) is 19.4 Å². The zero-order valence-electron chi connectivity index (χ0n) is 13.0. The van der Waals surface area contributed by atoms with E-state index in [1.807, 2.05) is 19.2 Å². The van der Waals surface area contributed by atoms with Crippen LogP contribution in [0.25, 0.3) is 10.9 Å². The highest BCUT2D eigenvalue weighted by atomic mass is 16.5. The molecule has 1 heterocycles. The number of hydrogen-bond acceptors (Lipinski definition) is 3. The maximum Gasteiger partial charge on any atom is 0.309 e. The quantitative estimate of drug-likeness (QED) is 0.771. The summed E-state index contributed by atoms with van der Waals surface area (Å²) in [5, 5.41) is 1.20. The number of aryl methyl sites for hydroxylation is 2. The number of carbonyl (C=O) groups is 2. The second-order valence-electron chi connectivity index (χ2n) is 5.95. The third kappa shape index (κ3) is 2.78. The molecule has 3 rings (SSSR count). The van der Waals surface area contributed by atoms with Gasteiger partial charge in [0.25, 0.3) is 0 Å². The van der Waals surface area contributed by atoms with Gasteiger partial charge in [0.15, 0.2) is 0 Å². The molecule has 0 spiro atoms. The Morgan fingerprint density at radius 2 is 2.05 bits per heavy atom. The lowest BCUT2D eigenvalue weighted by atomic mass is 10.0. The van der Waals surface area contributed by atoms with Crippen molar-refractivity contribution in [2.24, 2.45) is 18.9 Å². The van der Waals surface area contributed by atoms with Crippen LogP contribution in [0.3, 0.4) is 0 Å². The summed E-state index contributed by atoms with van der Waals surface area (Å²) in [6, 6.07) is 8.21. The molecule has 1 aromatic carbocycles. The molecule has 2 aromatic rings. The first kappa shape index (κ1) is 14.8. The van der Waals surface area contributed by atoms with E-state index in [-0.39, 0.29) is 23.6 Å². The molecule has 1 aliphatic carbocycles. The van der Waals surface area contributed by atoms with Gasteiger partial charge >= 0.3 is 5.97 Å². The van der Waals surface area contributed by atoms with E-state index in [1.54, 1.807) is 6.92 Å². The first-order chi connectivity index (χ1) is 10.6. The fourth-order valence-electron chi connectivity index (χ4n) is 3.13. The predicted octanol–water partition coefficient (Wildman–Crippen LogP) is 2.88.